The van der Waals surface area contributed by atoms with Crippen molar-refractivity contribution in [2.75, 3.05) is 20.8 Å². The maximum absolute atomic E-state index is 10.1. The number of ether oxygens (including phenoxy) is 2. The number of aliphatic hydroxyl groups is 1. The van der Waals surface area contributed by atoms with E-state index in [1.165, 1.54) is 0 Å². The zero-order valence-corrected chi connectivity index (χ0v) is 13.1. The van der Waals surface area contributed by atoms with Crippen LogP contribution < -0.4 is 14.8 Å². The number of aliphatic hydroxyl groups excluding tert-OH is 1. The second kappa shape index (κ2) is 8.41. The second-order valence-corrected chi connectivity index (χ2v) is 5.16. The molecule has 0 spiro atoms. The maximum atomic E-state index is 10.1. The largest absolute Gasteiger partial charge is 0.493 e. The molecular formula is C18H23NO3. The predicted octanol–water partition coefficient (Wildman–Crippen LogP) is 2.40. The highest BCUT2D eigenvalue weighted by Gasteiger charge is 2.07. The number of methoxy groups -OCH3 is 2. The molecule has 0 aliphatic carbocycles. The van der Waals surface area contributed by atoms with Gasteiger partial charge in [-0.25, -0.2) is 0 Å². The summed E-state index contributed by atoms with van der Waals surface area (Å²) in [5.74, 6) is 1.43. The van der Waals surface area contributed by atoms with Crippen molar-refractivity contribution < 1.29 is 14.6 Å². The van der Waals surface area contributed by atoms with Crippen molar-refractivity contribution in [1.82, 2.24) is 5.32 Å². The summed E-state index contributed by atoms with van der Waals surface area (Å²) >= 11 is 0. The molecule has 2 N–H and O–H groups in total. The smallest absolute Gasteiger partial charge is 0.161 e. The highest BCUT2D eigenvalue weighted by atomic mass is 16.5. The Hall–Kier alpha value is -2.04. The number of rotatable bonds is 8. The Morgan fingerprint density at radius 1 is 0.955 bits per heavy atom. The monoisotopic (exact) mass is 301 g/mol. The molecule has 0 saturated heterocycles. The maximum Gasteiger partial charge on any atom is 0.161 e. The van der Waals surface area contributed by atoms with E-state index in [0.717, 1.165) is 16.9 Å². The molecule has 4 nitrogen and oxygen atoms in total. The Morgan fingerprint density at radius 3 is 2.36 bits per heavy atom. The molecule has 0 heterocycles. The lowest BCUT2D eigenvalue weighted by Crippen LogP contribution is -2.28. The van der Waals surface area contributed by atoms with E-state index in [1.807, 2.05) is 48.5 Å². The third-order valence-corrected chi connectivity index (χ3v) is 3.47. The van der Waals surface area contributed by atoms with Crippen molar-refractivity contribution in [1.29, 1.82) is 0 Å². The van der Waals surface area contributed by atoms with E-state index in [2.05, 4.69) is 5.32 Å². The summed E-state index contributed by atoms with van der Waals surface area (Å²) in [4.78, 5) is 0. The molecule has 2 aromatic rings. The first-order chi connectivity index (χ1) is 10.7. The number of benzene rings is 2. The van der Waals surface area contributed by atoms with E-state index in [9.17, 15) is 5.11 Å². The van der Waals surface area contributed by atoms with Gasteiger partial charge in [-0.1, -0.05) is 36.4 Å². The molecule has 1 unspecified atom stereocenters. The fraction of sp³-hybridized carbons (Fsp3) is 0.333. The lowest BCUT2D eigenvalue weighted by Gasteiger charge is -2.13. The van der Waals surface area contributed by atoms with Gasteiger partial charge in [0.05, 0.1) is 20.3 Å². The minimum atomic E-state index is -0.400. The normalized spacial score (nSPS) is 12.0. The SMILES string of the molecule is COc1ccc(CNCC(O)Cc2ccccc2)cc1OC. The van der Waals surface area contributed by atoms with Crippen LogP contribution in [0.3, 0.4) is 0 Å². The Balaban J connectivity index is 1.81. The van der Waals surface area contributed by atoms with Gasteiger partial charge in [-0.3, -0.25) is 0 Å². The molecule has 4 heteroatoms. The van der Waals surface area contributed by atoms with Crippen molar-refractivity contribution in [2.45, 2.75) is 19.1 Å². The molecule has 1 atom stereocenters. The fourth-order valence-electron chi connectivity index (χ4n) is 2.33. The van der Waals surface area contributed by atoms with Crippen LogP contribution in [0.2, 0.25) is 0 Å². The van der Waals surface area contributed by atoms with Crippen LogP contribution in [0.5, 0.6) is 11.5 Å². The van der Waals surface area contributed by atoms with Crippen LogP contribution in [0.15, 0.2) is 48.5 Å². The van der Waals surface area contributed by atoms with E-state index in [0.29, 0.717) is 25.3 Å². The highest BCUT2D eigenvalue weighted by Crippen LogP contribution is 2.27. The molecule has 0 aliphatic heterocycles. The van der Waals surface area contributed by atoms with Gasteiger partial charge in [-0.15, -0.1) is 0 Å². The Bertz CT molecular complexity index is 572. The summed E-state index contributed by atoms with van der Waals surface area (Å²) in [6.07, 6.45) is 0.252. The Kier molecular flexibility index (Phi) is 6.25. The van der Waals surface area contributed by atoms with Crippen LogP contribution in [-0.4, -0.2) is 32.0 Å². The van der Waals surface area contributed by atoms with E-state index >= 15 is 0 Å². The highest BCUT2D eigenvalue weighted by molar-refractivity contribution is 5.42. The van der Waals surface area contributed by atoms with Gasteiger partial charge in [-0.05, 0) is 29.7 Å². The average molecular weight is 301 g/mol. The summed E-state index contributed by atoms with van der Waals surface area (Å²) in [6, 6.07) is 15.8. The molecule has 0 aliphatic rings. The molecular weight excluding hydrogens is 278 g/mol. The molecule has 118 valence electrons. The molecule has 0 aromatic heterocycles. The van der Waals surface area contributed by atoms with Crippen molar-refractivity contribution in [3.63, 3.8) is 0 Å². The van der Waals surface area contributed by atoms with Crippen molar-refractivity contribution in [2.24, 2.45) is 0 Å². The fourth-order valence-corrected chi connectivity index (χ4v) is 2.33. The van der Waals surface area contributed by atoms with Gasteiger partial charge < -0.3 is 19.9 Å². The van der Waals surface area contributed by atoms with Gasteiger partial charge >= 0.3 is 0 Å². The predicted molar refractivity (Wildman–Crippen MR) is 87.4 cm³/mol. The quantitative estimate of drug-likeness (QED) is 0.786. The summed E-state index contributed by atoms with van der Waals surface area (Å²) in [6.45, 7) is 1.22. The van der Waals surface area contributed by atoms with Crippen LogP contribution in [0.1, 0.15) is 11.1 Å². The van der Waals surface area contributed by atoms with Crippen molar-refractivity contribution >= 4 is 0 Å². The molecule has 2 aromatic carbocycles. The minimum absolute atomic E-state index is 0.400. The first-order valence-electron chi connectivity index (χ1n) is 7.36. The summed E-state index contributed by atoms with van der Waals surface area (Å²) in [7, 11) is 3.24. The van der Waals surface area contributed by atoms with E-state index in [4.69, 9.17) is 9.47 Å². The summed E-state index contributed by atoms with van der Waals surface area (Å²) in [5, 5.41) is 13.3. The number of hydrogen-bond acceptors (Lipinski definition) is 4. The van der Waals surface area contributed by atoms with Gasteiger partial charge in [-0.2, -0.15) is 0 Å². The van der Waals surface area contributed by atoms with Gasteiger partial charge in [0.15, 0.2) is 11.5 Å². The van der Waals surface area contributed by atoms with Crippen LogP contribution in [-0.2, 0) is 13.0 Å². The first-order valence-corrected chi connectivity index (χ1v) is 7.36. The minimum Gasteiger partial charge on any atom is -0.493 e. The van der Waals surface area contributed by atoms with E-state index < -0.39 is 6.10 Å². The van der Waals surface area contributed by atoms with Crippen molar-refractivity contribution in [3.8, 4) is 11.5 Å². The lowest BCUT2D eigenvalue weighted by molar-refractivity contribution is 0.171. The van der Waals surface area contributed by atoms with Crippen LogP contribution >= 0.6 is 0 Å². The Labute approximate surface area is 131 Å². The molecule has 0 fully saturated rings. The van der Waals surface area contributed by atoms with E-state index in [1.54, 1.807) is 14.2 Å². The Morgan fingerprint density at radius 2 is 1.68 bits per heavy atom. The molecule has 22 heavy (non-hydrogen) atoms. The topological polar surface area (TPSA) is 50.7 Å². The molecule has 0 amide bonds. The van der Waals surface area contributed by atoms with E-state index in [-0.39, 0.29) is 0 Å². The molecule has 2 rings (SSSR count). The van der Waals surface area contributed by atoms with Gasteiger partial charge in [0, 0.05) is 13.1 Å². The number of hydrogen-bond donors (Lipinski definition) is 2. The summed E-state index contributed by atoms with van der Waals surface area (Å²) in [5.41, 5.74) is 2.23. The molecule has 0 radical (unpaired) electrons. The van der Waals surface area contributed by atoms with Gasteiger partial charge in [0.1, 0.15) is 0 Å². The molecule has 0 saturated carbocycles. The second-order valence-electron chi connectivity index (χ2n) is 5.16. The van der Waals surface area contributed by atoms with Crippen molar-refractivity contribution in [3.05, 3.63) is 59.7 Å². The standard InChI is InChI=1S/C18H23NO3/c1-21-17-9-8-15(11-18(17)22-2)12-19-13-16(20)10-14-6-4-3-5-7-14/h3-9,11,16,19-20H,10,12-13H2,1-2H3. The van der Waals surface area contributed by atoms with Crippen LogP contribution in [0, 0.1) is 0 Å². The lowest BCUT2D eigenvalue weighted by atomic mass is 10.1. The van der Waals surface area contributed by atoms with Crippen LogP contribution in [0.4, 0.5) is 0 Å². The van der Waals surface area contributed by atoms with Gasteiger partial charge in [0.2, 0.25) is 0 Å². The molecule has 0 bridgehead atoms. The third kappa shape index (κ3) is 4.76. The summed E-state index contributed by atoms with van der Waals surface area (Å²) < 4.78 is 10.5. The zero-order valence-electron chi connectivity index (χ0n) is 13.1. The third-order valence-electron chi connectivity index (χ3n) is 3.47. The van der Waals surface area contributed by atoms with Crippen LogP contribution in [0.25, 0.3) is 0 Å². The average Bonchev–Trinajstić information content (AvgIpc) is 2.55. The number of nitrogens with one attached hydrogen (secondary N) is 1. The first kappa shape index (κ1) is 16.3. The zero-order chi connectivity index (χ0) is 15.8. The van der Waals surface area contributed by atoms with Gasteiger partial charge in [0.25, 0.3) is 0 Å².